The molecule has 226 valence electrons. The second-order valence-corrected chi connectivity index (χ2v) is 11.5. The monoisotopic (exact) mass is 602 g/mol. The van der Waals surface area contributed by atoms with Gasteiger partial charge in [-0.05, 0) is 70.0 Å². The summed E-state index contributed by atoms with van der Waals surface area (Å²) >= 11 is 6.79. The van der Waals surface area contributed by atoms with Crippen LogP contribution in [0.25, 0.3) is 16.7 Å². The largest absolute Gasteiger partial charge is 0.381 e. The molecule has 2 N–H and O–H groups in total. The summed E-state index contributed by atoms with van der Waals surface area (Å²) in [6.07, 6.45) is 11.0. The number of aromatic nitrogens is 1. The standard InChI is InChI=1S/C33H39ClN6O3/c1-4-23-17-29(28-10-9-24(18-30(28)34)25-7-5-13-35-19-25)33(42)40(21-31(41)36-20-27-8-6-14-39(27)3)32(23)38-22(2)37-26-11-15-43-16-12-26/h4-5,7,9-10,13,17-19,26-27,37H,2,6,8,11-12,14-16,20-21H2,1,3H3,(H,36,41)/b23-4-,38-32+. The Balaban J connectivity index is 1.44. The van der Waals surface area contributed by atoms with Gasteiger partial charge in [0.2, 0.25) is 5.91 Å². The molecule has 0 saturated carbocycles. The van der Waals surface area contributed by atoms with Gasteiger partial charge >= 0.3 is 0 Å². The Morgan fingerprint density at radius 2 is 2.05 bits per heavy atom. The molecule has 43 heavy (non-hydrogen) atoms. The van der Waals surface area contributed by atoms with Crippen LogP contribution in [0.15, 0.2) is 77.8 Å². The molecular formula is C33H39ClN6O3. The minimum atomic E-state index is -0.354. The van der Waals surface area contributed by atoms with Gasteiger partial charge < -0.3 is 20.3 Å². The van der Waals surface area contributed by atoms with Gasteiger partial charge in [-0.25, -0.2) is 4.99 Å². The Hall–Kier alpha value is -3.79. The fraction of sp³-hybridized carbons (Fsp3) is 0.394. The number of amides is 2. The minimum Gasteiger partial charge on any atom is -0.381 e. The van der Waals surface area contributed by atoms with Crippen molar-refractivity contribution in [2.24, 2.45) is 4.99 Å². The third kappa shape index (κ3) is 7.41. The lowest BCUT2D eigenvalue weighted by molar-refractivity contribution is -0.128. The molecule has 1 unspecified atom stereocenters. The normalized spacial score (nSPS) is 21.7. The molecule has 10 heteroatoms. The number of carbonyl (C=O) groups is 2. The van der Waals surface area contributed by atoms with Crippen molar-refractivity contribution in [1.29, 1.82) is 0 Å². The van der Waals surface area contributed by atoms with Gasteiger partial charge in [-0.1, -0.05) is 42.5 Å². The summed E-state index contributed by atoms with van der Waals surface area (Å²) in [4.78, 5) is 40.1. The molecule has 9 nitrogen and oxygen atoms in total. The number of benzene rings is 1. The fourth-order valence-electron chi connectivity index (χ4n) is 5.71. The Labute approximate surface area is 258 Å². The molecule has 3 aliphatic rings. The zero-order valence-electron chi connectivity index (χ0n) is 24.8. The molecule has 0 bridgehead atoms. The Kier molecular flexibility index (Phi) is 10.1. The van der Waals surface area contributed by atoms with E-state index in [0.29, 0.717) is 53.1 Å². The van der Waals surface area contributed by atoms with E-state index in [1.165, 1.54) is 4.90 Å². The quantitative estimate of drug-likeness (QED) is 0.441. The zero-order chi connectivity index (χ0) is 30.3. The molecule has 5 rings (SSSR count). The first-order chi connectivity index (χ1) is 20.8. The summed E-state index contributed by atoms with van der Waals surface area (Å²) in [6, 6.07) is 9.87. The van der Waals surface area contributed by atoms with Crippen molar-refractivity contribution >= 4 is 34.8 Å². The van der Waals surface area contributed by atoms with Gasteiger partial charge in [0.25, 0.3) is 5.91 Å². The maximum absolute atomic E-state index is 14.2. The molecular weight excluding hydrogens is 564 g/mol. The van der Waals surface area contributed by atoms with Gasteiger partial charge in [0, 0.05) is 71.5 Å². The van der Waals surface area contributed by atoms with Crippen molar-refractivity contribution in [3.8, 4) is 11.1 Å². The number of carbonyl (C=O) groups excluding carboxylic acids is 2. The maximum Gasteiger partial charge on any atom is 0.260 e. The first-order valence-electron chi connectivity index (χ1n) is 14.8. The van der Waals surface area contributed by atoms with E-state index in [4.69, 9.17) is 21.3 Å². The third-order valence-corrected chi connectivity index (χ3v) is 8.51. The SMILES string of the molecule is C=C(/N=C1\C(=C/C)C=C(c2ccc(-c3cccnc3)cc2Cl)C(=O)N1CC(=O)NCC1CCCN1C)NC1CCOCC1. The van der Waals surface area contributed by atoms with E-state index < -0.39 is 0 Å². The summed E-state index contributed by atoms with van der Waals surface area (Å²) in [5.41, 5.74) is 3.48. The number of hydrogen-bond acceptors (Lipinski definition) is 7. The van der Waals surface area contributed by atoms with Crippen molar-refractivity contribution in [2.75, 3.05) is 39.9 Å². The molecule has 2 aromatic rings. The molecule has 2 amide bonds. The van der Waals surface area contributed by atoms with Gasteiger partial charge in [-0.15, -0.1) is 0 Å². The van der Waals surface area contributed by atoms with E-state index >= 15 is 0 Å². The van der Waals surface area contributed by atoms with Crippen molar-refractivity contribution in [2.45, 2.75) is 44.7 Å². The van der Waals surface area contributed by atoms with E-state index in [0.717, 1.165) is 43.4 Å². The van der Waals surface area contributed by atoms with Crippen LogP contribution in [0.2, 0.25) is 5.02 Å². The van der Waals surface area contributed by atoms with E-state index in [1.807, 2.05) is 43.3 Å². The van der Waals surface area contributed by atoms with Gasteiger partial charge in [-0.3, -0.25) is 19.5 Å². The van der Waals surface area contributed by atoms with Crippen LogP contribution in [0.3, 0.4) is 0 Å². The Morgan fingerprint density at radius 3 is 2.72 bits per heavy atom. The van der Waals surface area contributed by atoms with Crippen LogP contribution < -0.4 is 10.6 Å². The summed E-state index contributed by atoms with van der Waals surface area (Å²) < 4.78 is 5.47. The number of amidine groups is 1. The number of nitrogens with one attached hydrogen (secondary N) is 2. The highest BCUT2D eigenvalue weighted by atomic mass is 35.5. The van der Waals surface area contributed by atoms with E-state index in [1.54, 1.807) is 18.5 Å². The molecule has 0 aliphatic carbocycles. The van der Waals surface area contributed by atoms with Crippen molar-refractivity contribution in [1.82, 2.24) is 25.4 Å². The summed E-state index contributed by atoms with van der Waals surface area (Å²) in [5, 5.41) is 6.82. The van der Waals surface area contributed by atoms with Crippen LogP contribution in [0.4, 0.5) is 0 Å². The summed E-state index contributed by atoms with van der Waals surface area (Å²) in [5.74, 6) is 0.200. The van der Waals surface area contributed by atoms with Crippen LogP contribution in [0.1, 0.15) is 38.2 Å². The number of halogens is 1. The fourth-order valence-corrected chi connectivity index (χ4v) is 5.99. The van der Waals surface area contributed by atoms with Crippen molar-refractivity contribution < 1.29 is 14.3 Å². The topological polar surface area (TPSA) is 99.2 Å². The van der Waals surface area contributed by atoms with Crippen LogP contribution >= 0.6 is 11.6 Å². The van der Waals surface area contributed by atoms with Gasteiger partial charge in [0.1, 0.15) is 18.2 Å². The molecule has 1 atom stereocenters. The average molecular weight is 603 g/mol. The Morgan fingerprint density at radius 1 is 1.23 bits per heavy atom. The molecule has 2 saturated heterocycles. The number of hydrogen-bond donors (Lipinski definition) is 2. The van der Waals surface area contributed by atoms with Gasteiger partial charge in [0.05, 0.1) is 0 Å². The van der Waals surface area contributed by atoms with Crippen LogP contribution in [0, 0.1) is 0 Å². The maximum atomic E-state index is 14.2. The minimum absolute atomic E-state index is 0.182. The van der Waals surface area contributed by atoms with Crippen LogP contribution in [0.5, 0.6) is 0 Å². The Bertz CT molecular complexity index is 1450. The number of pyridine rings is 1. The molecule has 1 aromatic heterocycles. The smallest absolute Gasteiger partial charge is 0.260 e. The highest BCUT2D eigenvalue weighted by Gasteiger charge is 2.34. The van der Waals surface area contributed by atoms with E-state index in [9.17, 15) is 9.59 Å². The number of likely N-dealkylation sites (tertiary alicyclic amines) is 1. The summed E-state index contributed by atoms with van der Waals surface area (Å²) in [7, 11) is 2.07. The van der Waals surface area contributed by atoms with E-state index in [2.05, 4.69) is 34.1 Å². The van der Waals surface area contributed by atoms with Gasteiger partial charge in [0.15, 0.2) is 0 Å². The van der Waals surface area contributed by atoms with Crippen molar-refractivity contribution in [3.63, 3.8) is 0 Å². The number of rotatable bonds is 9. The van der Waals surface area contributed by atoms with Crippen LogP contribution in [-0.2, 0) is 14.3 Å². The predicted molar refractivity (Wildman–Crippen MR) is 170 cm³/mol. The lowest BCUT2D eigenvalue weighted by Gasteiger charge is -2.31. The molecule has 3 aliphatic heterocycles. The van der Waals surface area contributed by atoms with Crippen LogP contribution in [-0.4, -0.2) is 84.4 Å². The highest BCUT2D eigenvalue weighted by molar-refractivity contribution is 6.38. The number of nitrogens with zero attached hydrogens (tertiary/aromatic N) is 4. The predicted octanol–water partition coefficient (Wildman–Crippen LogP) is 4.42. The average Bonchev–Trinajstić information content (AvgIpc) is 3.43. The molecule has 1 aromatic carbocycles. The number of ether oxygens (including phenoxy) is 1. The molecule has 4 heterocycles. The van der Waals surface area contributed by atoms with Gasteiger partial charge in [-0.2, -0.15) is 0 Å². The molecule has 2 fully saturated rings. The molecule has 0 radical (unpaired) electrons. The first-order valence-corrected chi connectivity index (χ1v) is 15.2. The lowest BCUT2D eigenvalue weighted by atomic mass is 9.94. The third-order valence-electron chi connectivity index (χ3n) is 8.20. The zero-order valence-corrected chi connectivity index (χ0v) is 25.6. The highest BCUT2D eigenvalue weighted by Crippen LogP contribution is 2.34. The first kappa shape index (κ1) is 30.7. The van der Waals surface area contributed by atoms with E-state index in [-0.39, 0.29) is 30.4 Å². The number of aliphatic imine (C=N–C) groups is 1. The summed E-state index contributed by atoms with van der Waals surface area (Å²) in [6.45, 7) is 8.72. The van der Waals surface area contributed by atoms with Crippen molar-refractivity contribution in [3.05, 3.63) is 83.4 Å². The number of allylic oxidation sites excluding steroid dienone is 1. The molecule has 0 spiro atoms. The second-order valence-electron chi connectivity index (χ2n) is 11.1. The lowest BCUT2D eigenvalue weighted by Crippen LogP contribution is -2.48. The number of likely N-dealkylation sites (N-methyl/N-ethyl adjacent to an activating group) is 1. The second kappa shape index (κ2) is 14.1.